The number of nitrogens with zero attached hydrogens (tertiary/aromatic N) is 1. The van der Waals surface area contributed by atoms with Crippen molar-refractivity contribution in [2.45, 2.75) is 25.4 Å². The molecule has 0 amide bonds. The highest BCUT2D eigenvalue weighted by Gasteiger charge is 2.14. The van der Waals surface area contributed by atoms with Crippen molar-refractivity contribution in [3.8, 4) is 5.75 Å². The zero-order chi connectivity index (χ0) is 13.1. The lowest BCUT2D eigenvalue weighted by Gasteiger charge is -2.22. The molecule has 1 aliphatic rings. The van der Waals surface area contributed by atoms with E-state index >= 15 is 0 Å². The summed E-state index contributed by atoms with van der Waals surface area (Å²) in [6.45, 7) is 2.28. The zero-order valence-electron chi connectivity index (χ0n) is 11.0. The van der Waals surface area contributed by atoms with Gasteiger partial charge in [-0.15, -0.1) is 0 Å². The van der Waals surface area contributed by atoms with E-state index in [1.165, 1.54) is 0 Å². The topological polar surface area (TPSA) is 56.5 Å². The van der Waals surface area contributed by atoms with E-state index in [0.717, 1.165) is 42.9 Å². The van der Waals surface area contributed by atoms with Crippen molar-refractivity contribution >= 4 is 11.1 Å². The summed E-state index contributed by atoms with van der Waals surface area (Å²) in [6.07, 6.45) is 2.26. The van der Waals surface area contributed by atoms with Gasteiger partial charge in [0, 0.05) is 18.7 Å². The molecule has 1 aromatic carbocycles. The van der Waals surface area contributed by atoms with Crippen LogP contribution in [-0.2, 0) is 11.3 Å². The molecule has 2 heterocycles. The molecule has 1 aromatic heterocycles. The van der Waals surface area contributed by atoms with E-state index in [-0.39, 0.29) is 0 Å². The molecule has 0 aliphatic carbocycles. The van der Waals surface area contributed by atoms with Crippen molar-refractivity contribution in [3.05, 3.63) is 24.1 Å². The monoisotopic (exact) mass is 262 g/mol. The molecule has 0 radical (unpaired) electrons. The predicted octanol–water partition coefficient (Wildman–Crippen LogP) is 2.10. The Kier molecular flexibility index (Phi) is 3.66. The minimum absolute atomic E-state index is 0.401. The van der Waals surface area contributed by atoms with Gasteiger partial charge < -0.3 is 19.2 Å². The van der Waals surface area contributed by atoms with Gasteiger partial charge in [0.2, 0.25) is 5.89 Å². The van der Waals surface area contributed by atoms with E-state index in [4.69, 9.17) is 13.9 Å². The molecule has 5 nitrogen and oxygen atoms in total. The Hall–Kier alpha value is -1.59. The van der Waals surface area contributed by atoms with E-state index in [1.54, 1.807) is 7.11 Å². The highest BCUT2D eigenvalue weighted by atomic mass is 16.5. The van der Waals surface area contributed by atoms with E-state index in [9.17, 15) is 0 Å². The molecule has 1 saturated heterocycles. The van der Waals surface area contributed by atoms with Crippen LogP contribution in [0.3, 0.4) is 0 Å². The van der Waals surface area contributed by atoms with Crippen LogP contribution in [0.2, 0.25) is 0 Å². The molecule has 0 spiro atoms. The van der Waals surface area contributed by atoms with E-state index < -0.39 is 0 Å². The molecule has 19 heavy (non-hydrogen) atoms. The minimum atomic E-state index is 0.401. The number of oxazole rings is 1. The van der Waals surface area contributed by atoms with Gasteiger partial charge in [0.1, 0.15) is 11.3 Å². The Morgan fingerprint density at radius 1 is 1.47 bits per heavy atom. The number of benzene rings is 1. The third-order valence-corrected chi connectivity index (χ3v) is 3.34. The van der Waals surface area contributed by atoms with Crippen LogP contribution in [0, 0.1) is 0 Å². The molecule has 0 bridgehead atoms. The summed E-state index contributed by atoms with van der Waals surface area (Å²) >= 11 is 0. The lowest BCUT2D eigenvalue weighted by molar-refractivity contribution is 0.0692. The standard InChI is InChI=1S/C14H18N2O3/c1-17-11-4-5-13-12(7-11)16-14(19-13)8-15-10-3-2-6-18-9-10/h4-5,7,10,15H,2-3,6,8-9H2,1H3/t10-/m0/s1. The fourth-order valence-corrected chi connectivity index (χ4v) is 2.29. The summed E-state index contributed by atoms with van der Waals surface area (Å²) in [5, 5.41) is 3.41. The van der Waals surface area contributed by atoms with Crippen LogP contribution in [-0.4, -0.2) is 31.3 Å². The number of ether oxygens (including phenoxy) is 2. The first kappa shape index (κ1) is 12.4. The van der Waals surface area contributed by atoms with Gasteiger partial charge in [0.15, 0.2) is 5.58 Å². The molecule has 0 saturated carbocycles. The van der Waals surface area contributed by atoms with Crippen LogP contribution in [0.4, 0.5) is 0 Å². The first-order chi connectivity index (χ1) is 9.35. The quantitative estimate of drug-likeness (QED) is 0.914. The molecule has 5 heteroatoms. The van der Waals surface area contributed by atoms with Crippen molar-refractivity contribution in [3.63, 3.8) is 0 Å². The van der Waals surface area contributed by atoms with Crippen LogP contribution in [0.5, 0.6) is 5.75 Å². The normalized spacial score (nSPS) is 19.7. The summed E-state index contributed by atoms with van der Waals surface area (Å²) in [4.78, 5) is 4.46. The molecule has 102 valence electrons. The average Bonchev–Trinajstić information content (AvgIpc) is 2.88. The van der Waals surface area contributed by atoms with Gasteiger partial charge in [-0.2, -0.15) is 0 Å². The lowest BCUT2D eigenvalue weighted by atomic mass is 10.1. The third-order valence-electron chi connectivity index (χ3n) is 3.34. The highest BCUT2D eigenvalue weighted by Crippen LogP contribution is 2.21. The first-order valence-electron chi connectivity index (χ1n) is 6.60. The van der Waals surface area contributed by atoms with Gasteiger partial charge in [0.05, 0.1) is 20.3 Å². The van der Waals surface area contributed by atoms with Gasteiger partial charge in [-0.25, -0.2) is 4.98 Å². The molecular formula is C14H18N2O3. The maximum Gasteiger partial charge on any atom is 0.209 e. The minimum Gasteiger partial charge on any atom is -0.497 e. The van der Waals surface area contributed by atoms with Crippen molar-refractivity contribution in [1.29, 1.82) is 0 Å². The van der Waals surface area contributed by atoms with Gasteiger partial charge in [0.25, 0.3) is 0 Å². The van der Waals surface area contributed by atoms with Crippen LogP contribution in [0.15, 0.2) is 22.6 Å². The Labute approximate surface area is 111 Å². The SMILES string of the molecule is COc1ccc2oc(CN[C@H]3CCCOC3)nc2c1. The molecule has 3 rings (SSSR count). The Bertz CT molecular complexity index is 547. The molecular weight excluding hydrogens is 244 g/mol. The van der Waals surface area contributed by atoms with Gasteiger partial charge in [-0.1, -0.05) is 0 Å². The summed E-state index contributed by atoms with van der Waals surface area (Å²) in [5.41, 5.74) is 1.62. The fraction of sp³-hybridized carbons (Fsp3) is 0.500. The van der Waals surface area contributed by atoms with Crippen LogP contribution < -0.4 is 10.1 Å². The van der Waals surface area contributed by atoms with Crippen molar-refractivity contribution < 1.29 is 13.9 Å². The Balaban J connectivity index is 1.67. The van der Waals surface area contributed by atoms with Gasteiger partial charge in [-0.3, -0.25) is 0 Å². The molecule has 1 fully saturated rings. The Morgan fingerprint density at radius 2 is 2.42 bits per heavy atom. The maximum atomic E-state index is 5.69. The second kappa shape index (κ2) is 5.59. The van der Waals surface area contributed by atoms with Crippen molar-refractivity contribution in [1.82, 2.24) is 10.3 Å². The molecule has 2 aromatic rings. The number of hydrogen-bond donors (Lipinski definition) is 1. The van der Waals surface area contributed by atoms with Gasteiger partial charge in [-0.05, 0) is 25.0 Å². The van der Waals surface area contributed by atoms with Crippen LogP contribution in [0.25, 0.3) is 11.1 Å². The number of nitrogens with one attached hydrogen (secondary N) is 1. The summed E-state index contributed by atoms with van der Waals surface area (Å²) < 4.78 is 16.3. The van der Waals surface area contributed by atoms with Crippen molar-refractivity contribution in [2.75, 3.05) is 20.3 Å². The second-order valence-corrected chi connectivity index (χ2v) is 4.74. The molecule has 1 aliphatic heterocycles. The molecule has 0 unspecified atom stereocenters. The number of hydrogen-bond acceptors (Lipinski definition) is 5. The second-order valence-electron chi connectivity index (χ2n) is 4.74. The smallest absolute Gasteiger partial charge is 0.209 e. The number of fused-ring (bicyclic) bond motifs is 1. The van der Waals surface area contributed by atoms with E-state index in [1.807, 2.05) is 18.2 Å². The predicted molar refractivity (Wildman–Crippen MR) is 71.2 cm³/mol. The summed E-state index contributed by atoms with van der Waals surface area (Å²) in [6, 6.07) is 6.04. The zero-order valence-corrected chi connectivity index (χ0v) is 11.0. The summed E-state index contributed by atoms with van der Waals surface area (Å²) in [5.74, 6) is 1.50. The Morgan fingerprint density at radius 3 is 3.21 bits per heavy atom. The largest absolute Gasteiger partial charge is 0.497 e. The maximum absolute atomic E-state index is 5.69. The number of aromatic nitrogens is 1. The van der Waals surface area contributed by atoms with Gasteiger partial charge >= 0.3 is 0 Å². The number of methoxy groups -OCH3 is 1. The van der Waals surface area contributed by atoms with E-state index in [0.29, 0.717) is 18.5 Å². The fourth-order valence-electron chi connectivity index (χ4n) is 2.29. The summed E-state index contributed by atoms with van der Waals surface area (Å²) in [7, 11) is 1.65. The highest BCUT2D eigenvalue weighted by molar-refractivity contribution is 5.74. The van der Waals surface area contributed by atoms with Crippen LogP contribution >= 0.6 is 0 Å². The van der Waals surface area contributed by atoms with Crippen LogP contribution in [0.1, 0.15) is 18.7 Å². The third kappa shape index (κ3) is 2.88. The lowest BCUT2D eigenvalue weighted by Crippen LogP contribution is -2.36. The molecule has 1 N–H and O–H groups in total. The first-order valence-corrected chi connectivity index (χ1v) is 6.60. The number of rotatable bonds is 4. The van der Waals surface area contributed by atoms with Crippen molar-refractivity contribution in [2.24, 2.45) is 0 Å². The van der Waals surface area contributed by atoms with E-state index in [2.05, 4.69) is 10.3 Å². The molecule has 1 atom stereocenters. The average molecular weight is 262 g/mol.